The molecule has 0 radical (unpaired) electrons. The van der Waals surface area contributed by atoms with E-state index in [4.69, 9.17) is 36.1 Å². The third-order valence-electron chi connectivity index (χ3n) is 7.07. The summed E-state index contributed by atoms with van der Waals surface area (Å²) < 4.78 is 41.5. The van der Waals surface area contributed by atoms with Crippen molar-refractivity contribution in [1.29, 1.82) is 0 Å². The minimum atomic E-state index is -3.55. The van der Waals surface area contributed by atoms with Crippen molar-refractivity contribution in [3.8, 4) is 5.75 Å². The van der Waals surface area contributed by atoms with Crippen LogP contribution in [-0.2, 0) is 30.6 Å². The number of anilines is 2. The molecule has 1 aliphatic rings. The molecule has 0 saturated heterocycles. The normalized spacial score (nSPS) is 19.1. The van der Waals surface area contributed by atoms with Crippen LogP contribution in [0.5, 0.6) is 5.75 Å². The smallest absolute Gasteiger partial charge is 0.323 e. The van der Waals surface area contributed by atoms with Gasteiger partial charge in [-0.15, -0.1) is 0 Å². The molecule has 5 rings (SSSR count). The molecule has 0 saturated carbocycles. The summed E-state index contributed by atoms with van der Waals surface area (Å²) in [4.78, 5) is 27.6. The van der Waals surface area contributed by atoms with Crippen LogP contribution in [0.15, 0.2) is 54.4 Å². The number of fused-ring (bicyclic) bond motifs is 2. The first-order chi connectivity index (χ1) is 21.3. The first-order valence-corrected chi connectivity index (χ1v) is 17.0. The standard InChI is InChI=1S/C30H37FN7O5PS/c1-18(2)42-28(39)20(4)36-44(45,43-24-13-9-11-21-10-7-8-12-22(21)24)41-16-30(31)14-19(3)23(15-40-30)38-17-33-25-26(37(5)6)34-29(32)35-27(25)38/h7-13,17-18,20H,14-16H2,1-6H3,(H,36,45)(H2,32,34,35)/t20-,30+,44+/m1/s1. The molecule has 12 nitrogen and oxygen atoms in total. The Morgan fingerprint density at radius 1 is 1.22 bits per heavy atom. The van der Waals surface area contributed by atoms with Crippen LogP contribution in [0.3, 0.4) is 0 Å². The monoisotopic (exact) mass is 657 g/mol. The molecule has 45 heavy (non-hydrogen) atoms. The van der Waals surface area contributed by atoms with Crippen molar-refractivity contribution in [2.24, 2.45) is 0 Å². The molecule has 0 spiro atoms. The fourth-order valence-electron chi connectivity index (χ4n) is 4.95. The fourth-order valence-corrected chi connectivity index (χ4v) is 7.36. The number of esters is 1. The van der Waals surface area contributed by atoms with Crippen molar-refractivity contribution >= 4 is 63.8 Å². The number of nitrogens with one attached hydrogen (secondary N) is 1. The van der Waals surface area contributed by atoms with E-state index >= 15 is 4.39 Å². The van der Waals surface area contributed by atoms with Gasteiger partial charge in [0.1, 0.15) is 24.7 Å². The summed E-state index contributed by atoms with van der Waals surface area (Å²) in [5.41, 5.74) is 8.37. The van der Waals surface area contributed by atoms with E-state index in [9.17, 15) is 4.79 Å². The van der Waals surface area contributed by atoms with Gasteiger partial charge in [0, 0.05) is 25.9 Å². The van der Waals surface area contributed by atoms with Crippen LogP contribution >= 0.6 is 6.64 Å². The zero-order valence-electron chi connectivity index (χ0n) is 26.0. The molecule has 0 fully saturated rings. The molecule has 3 atom stereocenters. The molecular weight excluding hydrogens is 620 g/mol. The molecule has 3 heterocycles. The van der Waals surface area contributed by atoms with E-state index in [2.05, 4.69) is 20.0 Å². The summed E-state index contributed by atoms with van der Waals surface area (Å²) in [5, 5.41) is 4.69. The van der Waals surface area contributed by atoms with Crippen molar-refractivity contribution in [3.63, 3.8) is 0 Å². The summed E-state index contributed by atoms with van der Waals surface area (Å²) in [5.74, 6) is -1.68. The maximum Gasteiger partial charge on any atom is 0.323 e. The lowest BCUT2D eigenvalue weighted by Gasteiger charge is -2.34. The van der Waals surface area contributed by atoms with Gasteiger partial charge in [-0.1, -0.05) is 36.4 Å². The van der Waals surface area contributed by atoms with Crippen LogP contribution in [0.4, 0.5) is 16.2 Å². The summed E-state index contributed by atoms with van der Waals surface area (Å²) >= 11 is 5.86. The lowest BCUT2D eigenvalue weighted by molar-refractivity contribution is -0.160. The number of halogens is 1. The molecule has 3 N–H and O–H groups in total. The lowest BCUT2D eigenvalue weighted by Crippen LogP contribution is -2.40. The fraction of sp³-hybridized carbons (Fsp3) is 0.400. The molecule has 1 aliphatic heterocycles. The van der Waals surface area contributed by atoms with E-state index in [1.54, 1.807) is 49.6 Å². The molecule has 240 valence electrons. The van der Waals surface area contributed by atoms with E-state index in [0.717, 1.165) is 10.8 Å². The van der Waals surface area contributed by atoms with Gasteiger partial charge >= 0.3 is 12.6 Å². The molecule has 0 aliphatic carbocycles. The van der Waals surface area contributed by atoms with Gasteiger partial charge in [0.25, 0.3) is 0 Å². The van der Waals surface area contributed by atoms with Crippen LogP contribution in [0.1, 0.15) is 34.1 Å². The predicted octanol–water partition coefficient (Wildman–Crippen LogP) is 5.19. The van der Waals surface area contributed by atoms with E-state index in [1.807, 2.05) is 50.5 Å². The highest BCUT2D eigenvalue weighted by Crippen LogP contribution is 2.49. The summed E-state index contributed by atoms with van der Waals surface area (Å²) in [6, 6.07) is 12.2. The molecular formula is C30H37FN7O5PS. The molecule has 2 aromatic carbocycles. The second-order valence-corrected chi connectivity index (χ2v) is 14.5. The Balaban J connectivity index is 1.40. The Kier molecular flexibility index (Phi) is 9.43. The Hall–Kier alpha value is -3.68. The molecule has 0 bridgehead atoms. The second kappa shape index (κ2) is 13.0. The number of alkyl halides is 1. The van der Waals surface area contributed by atoms with E-state index < -0.39 is 31.1 Å². The minimum absolute atomic E-state index is 0.0899. The number of nitrogens with two attached hydrogens (primary N) is 1. The molecule has 15 heteroatoms. The Morgan fingerprint density at radius 2 is 1.96 bits per heavy atom. The third kappa shape index (κ3) is 7.26. The summed E-state index contributed by atoms with van der Waals surface area (Å²) in [6.07, 6.45) is 1.13. The largest absolute Gasteiger partial charge is 0.462 e. The number of nitrogens with zero attached hydrogens (tertiary/aromatic N) is 5. The van der Waals surface area contributed by atoms with Crippen molar-refractivity contribution in [1.82, 2.24) is 24.6 Å². The minimum Gasteiger partial charge on any atom is -0.462 e. The van der Waals surface area contributed by atoms with Gasteiger partial charge in [0.2, 0.25) is 11.8 Å². The average molecular weight is 658 g/mol. The zero-order valence-corrected chi connectivity index (χ0v) is 27.7. The van der Waals surface area contributed by atoms with E-state index in [1.165, 1.54) is 0 Å². The van der Waals surface area contributed by atoms with Crippen molar-refractivity contribution in [2.45, 2.75) is 52.1 Å². The number of imidazole rings is 1. The highest BCUT2D eigenvalue weighted by Gasteiger charge is 2.40. The summed E-state index contributed by atoms with van der Waals surface area (Å²) in [6.45, 7) is 2.69. The lowest BCUT2D eigenvalue weighted by atomic mass is 10.0. The number of benzene rings is 2. The van der Waals surface area contributed by atoms with Gasteiger partial charge in [0.15, 0.2) is 17.0 Å². The number of aromatic nitrogens is 4. The van der Waals surface area contributed by atoms with Crippen molar-refractivity contribution in [2.75, 3.05) is 37.9 Å². The summed E-state index contributed by atoms with van der Waals surface area (Å²) in [7, 11) is 3.67. The van der Waals surface area contributed by atoms with Crippen molar-refractivity contribution < 1.29 is 27.7 Å². The second-order valence-electron chi connectivity index (χ2n) is 11.3. The van der Waals surface area contributed by atoms with Crippen LogP contribution in [0.25, 0.3) is 27.6 Å². The number of nitrogen functional groups attached to an aromatic ring is 1. The maximum absolute atomic E-state index is 16.3. The predicted molar refractivity (Wildman–Crippen MR) is 176 cm³/mol. The van der Waals surface area contributed by atoms with Gasteiger partial charge < -0.3 is 29.2 Å². The number of rotatable bonds is 11. The van der Waals surface area contributed by atoms with Gasteiger partial charge in [-0.2, -0.15) is 9.97 Å². The van der Waals surface area contributed by atoms with Gasteiger partial charge in [-0.3, -0.25) is 9.36 Å². The van der Waals surface area contributed by atoms with Gasteiger partial charge in [-0.05, 0) is 56.5 Å². The van der Waals surface area contributed by atoms with Crippen LogP contribution in [0.2, 0.25) is 0 Å². The molecule has 0 amide bonds. The van der Waals surface area contributed by atoms with Gasteiger partial charge in [0.05, 0.1) is 18.4 Å². The highest BCUT2D eigenvalue weighted by molar-refractivity contribution is 8.09. The number of ether oxygens (including phenoxy) is 2. The molecule has 2 aromatic heterocycles. The third-order valence-corrected chi connectivity index (χ3v) is 9.54. The van der Waals surface area contributed by atoms with Crippen LogP contribution in [-0.4, -0.2) is 70.8 Å². The SMILES string of the molecule is CC1=C(n2cnc3c(N(C)C)nc(N)nc32)CO[C@](F)(CO[P@@](=S)(N[C@H](C)C(=O)OC(C)C)Oc2cccc3ccccc23)C1. The number of carbonyl (C=O) groups excluding carboxylic acids is 1. The Morgan fingerprint density at radius 3 is 2.67 bits per heavy atom. The first-order valence-electron chi connectivity index (χ1n) is 14.4. The number of hydrogen-bond acceptors (Lipinski definition) is 11. The molecule has 4 aromatic rings. The topological polar surface area (TPSA) is 139 Å². The van der Waals surface area contributed by atoms with E-state index in [-0.39, 0.29) is 25.1 Å². The Bertz CT molecular complexity index is 1810. The van der Waals surface area contributed by atoms with Gasteiger partial charge in [-0.25, -0.2) is 14.5 Å². The van der Waals surface area contributed by atoms with E-state index in [0.29, 0.717) is 34.0 Å². The highest BCUT2D eigenvalue weighted by atomic mass is 32.5. The first kappa shape index (κ1) is 32.7. The maximum atomic E-state index is 16.3. The van der Waals surface area contributed by atoms with Crippen LogP contribution < -0.4 is 20.2 Å². The number of carbonyl (C=O) groups is 1. The van der Waals surface area contributed by atoms with Crippen LogP contribution in [0, 0.1) is 0 Å². The molecule has 0 unspecified atom stereocenters. The zero-order chi connectivity index (χ0) is 32.5. The number of hydrogen-bond donors (Lipinski definition) is 2. The van der Waals surface area contributed by atoms with Crippen molar-refractivity contribution in [3.05, 3.63) is 54.4 Å². The quantitative estimate of drug-likeness (QED) is 0.162. The Labute approximate surface area is 265 Å². The average Bonchev–Trinajstić information content (AvgIpc) is 3.39.